The third kappa shape index (κ3) is 4.80. The van der Waals surface area contributed by atoms with Gasteiger partial charge in [-0.1, -0.05) is 35.8 Å². The number of nitrogens with one attached hydrogen (secondary N) is 2. The minimum Gasteiger partial charge on any atom is -0.326 e. The van der Waals surface area contributed by atoms with Gasteiger partial charge in [0, 0.05) is 21.8 Å². The topological polar surface area (TPSA) is 92.3 Å². The van der Waals surface area contributed by atoms with Gasteiger partial charge in [-0.05, 0) is 56.3 Å². The van der Waals surface area contributed by atoms with Gasteiger partial charge in [0.25, 0.3) is 0 Å². The first kappa shape index (κ1) is 22.1. The van der Waals surface area contributed by atoms with E-state index in [2.05, 4.69) is 26.6 Å². The van der Waals surface area contributed by atoms with Gasteiger partial charge in [0.2, 0.25) is 11.8 Å². The number of halogens is 1. The molecule has 0 unspecified atom stereocenters. The Balaban J connectivity index is 2.23. The van der Waals surface area contributed by atoms with E-state index >= 15 is 0 Å². The summed E-state index contributed by atoms with van der Waals surface area (Å²) in [5.74, 6) is -1.00. The maximum atomic E-state index is 13.0. The van der Waals surface area contributed by atoms with Gasteiger partial charge in [0.15, 0.2) is 9.84 Å². The van der Waals surface area contributed by atoms with E-state index in [1.54, 1.807) is 50.2 Å². The van der Waals surface area contributed by atoms with E-state index in [1.807, 2.05) is 0 Å². The van der Waals surface area contributed by atoms with Gasteiger partial charge < -0.3 is 10.6 Å². The molecule has 2 N–H and O–H groups in total. The van der Waals surface area contributed by atoms with E-state index in [4.69, 9.17) is 0 Å². The van der Waals surface area contributed by atoms with Gasteiger partial charge in [-0.3, -0.25) is 9.59 Å². The molecule has 0 atom stereocenters. The first-order chi connectivity index (χ1) is 12.9. The first-order valence-electron chi connectivity index (χ1n) is 8.67. The SMILES string of the molecule is CC(C)C(=O)Nc1cccc(NC(=O)C(C)(C)S(=O)(=O)c2ccc(Br)cc2)c1. The Kier molecular flexibility index (Phi) is 6.67. The first-order valence-corrected chi connectivity index (χ1v) is 11.0. The highest BCUT2D eigenvalue weighted by Gasteiger charge is 2.42. The Morgan fingerprint density at radius 3 is 2.04 bits per heavy atom. The molecule has 0 saturated carbocycles. The fourth-order valence-electron chi connectivity index (χ4n) is 2.27. The second kappa shape index (κ2) is 8.45. The van der Waals surface area contributed by atoms with Crippen molar-refractivity contribution in [2.45, 2.75) is 37.3 Å². The van der Waals surface area contributed by atoms with Crippen LogP contribution in [0, 0.1) is 5.92 Å². The number of benzene rings is 2. The van der Waals surface area contributed by atoms with Gasteiger partial charge in [-0.15, -0.1) is 0 Å². The van der Waals surface area contributed by atoms with Crippen molar-refractivity contribution >= 4 is 49.0 Å². The van der Waals surface area contributed by atoms with Crippen LogP contribution in [0.5, 0.6) is 0 Å². The summed E-state index contributed by atoms with van der Waals surface area (Å²) in [6.45, 7) is 6.28. The van der Waals surface area contributed by atoms with Crippen LogP contribution in [-0.2, 0) is 19.4 Å². The third-order valence-electron chi connectivity index (χ3n) is 4.25. The number of rotatable bonds is 6. The third-order valence-corrected chi connectivity index (χ3v) is 7.21. The number of carbonyl (C=O) groups is 2. The zero-order valence-electron chi connectivity index (χ0n) is 16.1. The highest BCUT2D eigenvalue weighted by atomic mass is 79.9. The Hall–Kier alpha value is -2.19. The van der Waals surface area contributed by atoms with E-state index < -0.39 is 20.5 Å². The lowest BCUT2D eigenvalue weighted by molar-refractivity contribution is -0.119. The lowest BCUT2D eigenvalue weighted by Gasteiger charge is -2.24. The quantitative estimate of drug-likeness (QED) is 0.665. The molecule has 0 bridgehead atoms. The van der Waals surface area contributed by atoms with Crippen molar-refractivity contribution in [3.05, 3.63) is 53.0 Å². The van der Waals surface area contributed by atoms with Gasteiger partial charge in [0.05, 0.1) is 4.90 Å². The van der Waals surface area contributed by atoms with Crippen LogP contribution in [0.4, 0.5) is 11.4 Å². The van der Waals surface area contributed by atoms with E-state index in [-0.39, 0.29) is 16.7 Å². The molecule has 0 aliphatic rings. The number of sulfone groups is 1. The van der Waals surface area contributed by atoms with Crippen molar-refractivity contribution in [2.75, 3.05) is 10.6 Å². The summed E-state index contributed by atoms with van der Waals surface area (Å²) in [4.78, 5) is 24.7. The number of anilines is 2. The summed E-state index contributed by atoms with van der Waals surface area (Å²) in [6.07, 6.45) is 0. The van der Waals surface area contributed by atoms with Gasteiger partial charge in [0.1, 0.15) is 4.75 Å². The maximum Gasteiger partial charge on any atom is 0.245 e. The predicted molar refractivity (Wildman–Crippen MR) is 114 cm³/mol. The molecule has 0 radical (unpaired) electrons. The molecule has 2 rings (SSSR count). The normalized spacial score (nSPS) is 11.9. The fraction of sp³-hybridized carbons (Fsp3) is 0.300. The molecule has 2 aromatic carbocycles. The Labute approximate surface area is 173 Å². The van der Waals surface area contributed by atoms with E-state index in [0.29, 0.717) is 11.4 Å². The highest BCUT2D eigenvalue weighted by Crippen LogP contribution is 2.28. The monoisotopic (exact) mass is 466 g/mol. The smallest absolute Gasteiger partial charge is 0.245 e. The zero-order chi connectivity index (χ0) is 21.1. The summed E-state index contributed by atoms with van der Waals surface area (Å²) in [7, 11) is -3.92. The molecule has 6 nitrogen and oxygen atoms in total. The van der Waals surface area contributed by atoms with Crippen molar-refractivity contribution in [3.63, 3.8) is 0 Å². The Bertz CT molecular complexity index is 984. The van der Waals surface area contributed by atoms with Gasteiger partial charge >= 0.3 is 0 Å². The molecule has 2 aromatic rings. The molecule has 0 saturated heterocycles. The van der Waals surface area contributed by atoms with Gasteiger partial charge in [-0.2, -0.15) is 0 Å². The van der Waals surface area contributed by atoms with Gasteiger partial charge in [-0.25, -0.2) is 8.42 Å². The second-order valence-electron chi connectivity index (χ2n) is 7.15. The van der Waals surface area contributed by atoms with Crippen LogP contribution in [-0.4, -0.2) is 25.0 Å². The van der Waals surface area contributed by atoms with E-state index in [9.17, 15) is 18.0 Å². The second-order valence-corrected chi connectivity index (χ2v) is 10.6. The summed E-state index contributed by atoms with van der Waals surface area (Å²) in [6, 6.07) is 12.7. The standard InChI is InChI=1S/C20H23BrN2O4S/c1-13(2)18(24)22-15-6-5-7-16(12-15)23-19(25)20(3,4)28(26,27)17-10-8-14(21)9-11-17/h5-13H,1-4H3,(H,22,24)(H,23,25). The number of carbonyl (C=O) groups excluding carboxylic acids is 2. The Morgan fingerprint density at radius 2 is 1.50 bits per heavy atom. The summed E-state index contributed by atoms with van der Waals surface area (Å²) in [5.41, 5.74) is 0.913. The molecule has 2 amide bonds. The van der Waals surface area contributed by atoms with Crippen LogP contribution < -0.4 is 10.6 Å². The van der Waals surface area contributed by atoms with Crippen molar-refractivity contribution < 1.29 is 18.0 Å². The average Bonchev–Trinajstić information content (AvgIpc) is 2.62. The molecule has 28 heavy (non-hydrogen) atoms. The Morgan fingerprint density at radius 1 is 0.964 bits per heavy atom. The molecule has 8 heteroatoms. The average molecular weight is 467 g/mol. The number of hydrogen-bond acceptors (Lipinski definition) is 4. The molecule has 150 valence electrons. The van der Waals surface area contributed by atoms with Crippen LogP contribution in [0.3, 0.4) is 0 Å². The van der Waals surface area contributed by atoms with E-state index in [1.165, 1.54) is 26.0 Å². The van der Waals surface area contributed by atoms with Crippen LogP contribution in [0.2, 0.25) is 0 Å². The molecular weight excluding hydrogens is 444 g/mol. The number of hydrogen-bond donors (Lipinski definition) is 2. The fourth-order valence-corrected chi connectivity index (χ4v) is 3.92. The van der Waals surface area contributed by atoms with Crippen molar-refractivity contribution in [2.24, 2.45) is 5.92 Å². The van der Waals surface area contributed by atoms with Crippen molar-refractivity contribution in [1.82, 2.24) is 0 Å². The van der Waals surface area contributed by atoms with E-state index in [0.717, 1.165) is 4.47 Å². The summed E-state index contributed by atoms with van der Waals surface area (Å²) < 4.78 is 25.0. The predicted octanol–water partition coefficient (Wildman–Crippen LogP) is 4.23. The van der Waals surface area contributed by atoms with Crippen LogP contribution in [0.25, 0.3) is 0 Å². The molecule has 0 aliphatic carbocycles. The molecule has 0 fully saturated rings. The maximum absolute atomic E-state index is 13.0. The largest absolute Gasteiger partial charge is 0.326 e. The molecule has 0 heterocycles. The highest BCUT2D eigenvalue weighted by molar-refractivity contribution is 9.10. The molecule has 0 aliphatic heterocycles. The van der Waals surface area contributed by atoms with Crippen molar-refractivity contribution in [1.29, 1.82) is 0 Å². The van der Waals surface area contributed by atoms with Crippen LogP contribution in [0.15, 0.2) is 57.9 Å². The zero-order valence-corrected chi connectivity index (χ0v) is 18.5. The summed E-state index contributed by atoms with van der Waals surface area (Å²) in [5, 5.41) is 5.38. The van der Waals surface area contributed by atoms with Crippen LogP contribution >= 0.6 is 15.9 Å². The molecule has 0 spiro atoms. The summed E-state index contributed by atoms with van der Waals surface area (Å²) >= 11 is 3.26. The minimum atomic E-state index is -3.92. The molecule has 0 aromatic heterocycles. The lowest BCUT2D eigenvalue weighted by Crippen LogP contribution is -2.44. The lowest BCUT2D eigenvalue weighted by atomic mass is 10.1. The number of amides is 2. The van der Waals surface area contributed by atoms with Crippen LogP contribution in [0.1, 0.15) is 27.7 Å². The molecular formula is C20H23BrN2O4S. The van der Waals surface area contributed by atoms with Crippen molar-refractivity contribution in [3.8, 4) is 0 Å². The minimum absolute atomic E-state index is 0.0637.